The molecule has 1 saturated heterocycles. The fourth-order valence-electron chi connectivity index (χ4n) is 1.38. The standard InChI is InChI=1S/C8H13F2NO2/c1-13-7(12)11-5-2-3-8(9,10)4-6-11/h2-6H2,1H3. The van der Waals surface area contributed by atoms with Gasteiger partial charge in [0.2, 0.25) is 5.92 Å². The van der Waals surface area contributed by atoms with Crippen molar-refractivity contribution in [2.75, 3.05) is 20.2 Å². The van der Waals surface area contributed by atoms with Crippen LogP contribution in [0.5, 0.6) is 0 Å². The minimum atomic E-state index is -2.62. The van der Waals surface area contributed by atoms with Gasteiger partial charge in [-0.1, -0.05) is 0 Å². The third-order valence-electron chi connectivity index (χ3n) is 2.15. The molecule has 0 bridgehead atoms. The Morgan fingerprint density at radius 3 is 2.69 bits per heavy atom. The van der Waals surface area contributed by atoms with Gasteiger partial charge in [-0.05, 0) is 6.42 Å². The maximum absolute atomic E-state index is 12.8. The Bertz CT molecular complexity index is 197. The zero-order chi connectivity index (χ0) is 9.90. The van der Waals surface area contributed by atoms with Gasteiger partial charge in [0.25, 0.3) is 0 Å². The molecular formula is C8H13F2NO2. The third-order valence-corrected chi connectivity index (χ3v) is 2.15. The third kappa shape index (κ3) is 2.82. The summed E-state index contributed by atoms with van der Waals surface area (Å²) in [5.41, 5.74) is 0. The summed E-state index contributed by atoms with van der Waals surface area (Å²) in [5.74, 6) is -2.62. The molecule has 1 amide bonds. The monoisotopic (exact) mass is 193 g/mol. The molecule has 0 spiro atoms. The van der Waals surface area contributed by atoms with Crippen LogP contribution in [0.25, 0.3) is 0 Å². The van der Waals surface area contributed by atoms with E-state index in [2.05, 4.69) is 4.74 Å². The first kappa shape index (κ1) is 10.2. The van der Waals surface area contributed by atoms with Gasteiger partial charge in [-0.25, -0.2) is 13.6 Å². The number of hydrogen-bond acceptors (Lipinski definition) is 2. The number of rotatable bonds is 0. The molecule has 0 aliphatic carbocycles. The number of likely N-dealkylation sites (tertiary alicyclic amines) is 1. The van der Waals surface area contributed by atoms with Crippen molar-refractivity contribution in [2.45, 2.75) is 25.2 Å². The molecule has 0 N–H and O–H groups in total. The van der Waals surface area contributed by atoms with E-state index >= 15 is 0 Å². The highest BCUT2D eigenvalue weighted by Crippen LogP contribution is 2.27. The molecule has 0 unspecified atom stereocenters. The summed E-state index contributed by atoms with van der Waals surface area (Å²) in [5, 5.41) is 0. The lowest BCUT2D eigenvalue weighted by Crippen LogP contribution is -2.32. The number of hydrogen-bond donors (Lipinski definition) is 0. The van der Waals surface area contributed by atoms with E-state index in [4.69, 9.17) is 0 Å². The van der Waals surface area contributed by atoms with E-state index in [1.54, 1.807) is 0 Å². The lowest BCUT2D eigenvalue weighted by molar-refractivity contribution is -0.0127. The molecule has 1 aliphatic rings. The van der Waals surface area contributed by atoms with Crippen LogP contribution in [0.4, 0.5) is 13.6 Å². The van der Waals surface area contributed by atoms with Crippen LogP contribution < -0.4 is 0 Å². The highest BCUT2D eigenvalue weighted by Gasteiger charge is 2.33. The predicted molar refractivity (Wildman–Crippen MR) is 42.8 cm³/mol. The number of carbonyl (C=O) groups is 1. The van der Waals surface area contributed by atoms with Gasteiger partial charge in [-0.15, -0.1) is 0 Å². The average molecular weight is 193 g/mol. The molecule has 1 aliphatic heterocycles. The molecule has 1 heterocycles. The molecule has 0 atom stereocenters. The van der Waals surface area contributed by atoms with Crippen LogP contribution in [0, 0.1) is 0 Å². The van der Waals surface area contributed by atoms with Crippen molar-refractivity contribution in [2.24, 2.45) is 0 Å². The van der Waals surface area contributed by atoms with Crippen molar-refractivity contribution < 1.29 is 18.3 Å². The maximum Gasteiger partial charge on any atom is 0.409 e. The summed E-state index contributed by atoms with van der Waals surface area (Å²) < 4.78 is 30.1. The highest BCUT2D eigenvalue weighted by molar-refractivity contribution is 5.67. The molecule has 3 nitrogen and oxygen atoms in total. The van der Waals surface area contributed by atoms with Crippen LogP contribution in [0.1, 0.15) is 19.3 Å². The topological polar surface area (TPSA) is 29.5 Å². The lowest BCUT2D eigenvalue weighted by Gasteiger charge is -2.18. The van der Waals surface area contributed by atoms with Crippen LogP contribution in [0.2, 0.25) is 0 Å². The van der Waals surface area contributed by atoms with Crippen molar-refractivity contribution in [3.63, 3.8) is 0 Å². The smallest absolute Gasteiger partial charge is 0.409 e. The van der Waals surface area contributed by atoms with Crippen molar-refractivity contribution >= 4 is 6.09 Å². The summed E-state index contributed by atoms with van der Waals surface area (Å²) in [6.07, 6.45) is -0.581. The number of halogens is 2. The molecule has 0 aromatic carbocycles. The Balaban J connectivity index is 2.49. The second kappa shape index (κ2) is 3.89. The Morgan fingerprint density at radius 1 is 1.38 bits per heavy atom. The second-order valence-corrected chi connectivity index (χ2v) is 3.17. The predicted octanol–water partition coefficient (Wildman–Crippen LogP) is 1.87. The van der Waals surface area contributed by atoms with E-state index in [0.717, 1.165) is 0 Å². The summed E-state index contributed by atoms with van der Waals surface area (Å²) in [7, 11) is 1.26. The summed E-state index contributed by atoms with van der Waals surface area (Å²) in [6.45, 7) is 0.446. The molecule has 0 aromatic rings. The minimum Gasteiger partial charge on any atom is -0.453 e. The zero-order valence-electron chi connectivity index (χ0n) is 7.56. The van der Waals surface area contributed by atoms with E-state index in [0.29, 0.717) is 13.0 Å². The quantitative estimate of drug-likeness (QED) is 0.587. The van der Waals surface area contributed by atoms with Crippen LogP contribution in [0.15, 0.2) is 0 Å². The van der Waals surface area contributed by atoms with Crippen LogP contribution in [0.3, 0.4) is 0 Å². The number of alkyl halides is 2. The first-order valence-corrected chi connectivity index (χ1v) is 4.26. The van der Waals surface area contributed by atoms with Crippen molar-refractivity contribution in [1.82, 2.24) is 4.90 Å². The van der Waals surface area contributed by atoms with Crippen LogP contribution in [-0.4, -0.2) is 37.1 Å². The Kier molecular flexibility index (Phi) is 3.06. The van der Waals surface area contributed by atoms with Gasteiger partial charge in [0, 0.05) is 25.9 Å². The number of ether oxygens (including phenoxy) is 1. The van der Waals surface area contributed by atoms with Crippen molar-refractivity contribution in [3.05, 3.63) is 0 Å². The van der Waals surface area contributed by atoms with E-state index in [9.17, 15) is 13.6 Å². The molecule has 76 valence electrons. The van der Waals surface area contributed by atoms with E-state index in [-0.39, 0.29) is 19.4 Å². The average Bonchev–Trinajstić information content (AvgIpc) is 2.25. The maximum atomic E-state index is 12.8. The lowest BCUT2D eigenvalue weighted by atomic mass is 10.1. The molecule has 5 heteroatoms. The largest absolute Gasteiger partial charge is 0.453 e. The van der Waals surface area contributed by atoms with Gasteiger partial charge in [0.05, 0.1) is 7.11 Å². The molecular weight excluding hydrogens is 180 g/mol. The van der Waals surface area contributed by atoms with Crippen molar-refractivity contribution in [1.29, 1.82) is 0 Å². The number of nitrogens with zero attached hydrogens (tertiary/aromatic N) is 1. The molecule has 0 aromatic heterocycles. The van der Waals surface area contributed by atoms with Gasteiger partial charge in [0.1, 0.15) is 0 Å². The van der Waals surface area contributed by atoms with E-state index in [1.165, 1.54) is 12.0 Å². The summed E-state index contributed by atoms with van der Waals surface area (Å²) >= 11 is 0. The van der Waals surface area contributed by atoms with E-state index < -0.39 is 12.0 Å². The Morgan fingerprint density at radius 2 is 2.08 bits per heavy atom. The fourth-order valence-corrected chi connectivity index (χ4v) is 1.38. The SMILES string of the molecule is COC(=O)N1CCCC(F)(F)CC1. The molecule has 0 saturated carbocycles. The first-order valence-electron chi connectivity index (χ1n) is 4.26. The molecule has 13 heavy (non-hydrogen) atoms. The number of methoxy groups -OCH3 is 1. The zero-order valence-corrected chi connectivity index (χ0v) is 7.56. The van der Waals surface area contributed by atoms with Gasteiger partial charge in [0.15, 0.2) is 0 Å². The van der Waals surface area contributed by atoms with Crippen LogP contribution >= 0.6 is 0 Å². The van der Waals surface area contributed by atoms with Crippen molar-refractivity contribution in [3.8, 4) is 0 Å². The van der Waals surface area contributed by atoms with Gasteiger partial charge < -0.3 is 9.64 Å². The molecule has 0 radical (unpaired) electrons. The fraction of sp³-hybridized carbons (Fsp3) is 0.875. The first-order chi connectivity index (χ1) is 6.05. The Hall–Kier alpha value is -0.870. The highest BCUT2D eigenvalue weighted by atomic mass is 19.3. The second-order valence-electron chi connectivity index (χ2n) is 3.17. The molecule has 1 fully saturated rings. The Labute approximate surface area is 75.7 Å². The molecule has 1 rings (SSSR count). The van der Waals surface area contributed by atoms with Crippen LogP contribution in [-0.2, 0) is 4.74 Å². The minimum absolute atomic E-state index is 0.0830. The van der Waals surface area contributed by atoms with Gasteiger partial charge >= 0.3 is 6.09 Å². The number of amides is 1. The number of carbonyl (C=O) groups excluding carboxylic acids is 1. The normalized spacial score (nSPS) is 22.2. The van der Waals surface area contributed by atoms with E-state index in [1.807, 2.05) is 0 Å². The van der Waals surface area contributed by atoms with Gasteiger partial charge in [-0.3, -0.25) is 0 Å². The summed E-state index contributed by atoms with van der Waals surface area (Å²) in [4.78, 5) is 12.3. The van der Waals surface area contributed by atoms with Gasteiger partial charge in [-0.2, -0.15) is 0 Å². The summed E-state index contributed by atoms with van der Waals surface area (Å²) in [6, 6.07) is 0.